The molecule has 28 heavy (non-hydrogen) atoms. The van der Waals surface area contributed by atoms with Crippen molar-refractivity contribution in [3.63, 3.8) is 0 Å². The van der Waals surface area contributed by atoms with E-state index in [0.717, 1.165) is 5.56 Å². The molecular weight excluding hydrogens is 430 g/mol. The number of carbonyl (C=O) groups excluding carboxylic acids is 1. The van der Waals surface area contributed by atoms with Gasteiger partial charge in [-0.2, -0.15) is 0 Å². The van der Waals surface area contributed by atoms with Gasteiger partial charge in [0.1, 0.15) is 13.2 Å². The number of anilines is 1. The lowest BCUT2D eigenvalue weighted by atomic mass is 10.1. The second-order valence-corrected chi connectivity index (χ2v) is 7.32. The zero-order valence-electron chi connectivity index (χ0n) is 15.5. The zero-order chi connectivity index (χ0) is 20.3. The third-order valence-corrected chi connectivity index (χ3v) is 5.18. The second kappa shape index (κ2) is 8.57. The van der Waals surface area contributed by atoms with Gasteiger partial charge in [-0.05, 0) is 35.5 Å². The summed E-state index contributed by atoms with van der Waals surface area (Å²) >= 11 is 3.43. The average molecular weight is 450 g/mol. The van der Waals surface area contributed by atoms with Crippen molar-refractivity contribution in [1.82, 2.24) is 4.90 Å². The molecular formula is C19H20BrN3O5. The van der Waals surface area contributed by atoms with Crippen LogP contribution in [-0.2, 0) is 4.79 Å². The fraction of sp³-hybridized carbons (Fsp3) is 0.316. The van der Waals surface area contributed by atoms with Crippen LogP contribution in [0.2, 0.25) is 0 Å². The maximum Gasteiger partial charge on any atom is 0.269 e. The Bertz CT molecular complexity index is 905. The highest BCUT2D eigenvalue weighted by atomic mass is 79.9. The highest BCUT2D eigenvalue weighted by Gasteiger charge is 2.19. The van der Waals surface area contributed by atoms with Crippen LogP contribution in [0.25, 0.3) is 0 Å². The maximum atomic E-state index is 12.5. The Morgan fingerprint density at radius 3 is 2.64 bits per heavy atom. The van der Waals surface area contributed by atoms with Crippen LogP contribution in [0.5, 0.6) is 11.5 Å². The van der Waals surface area contributed by atoms with E-state index in [0.29, 0.717) is 34.9 Å². The van der Waals surface area contributed by atoms with Gasteiger partial charge in [-0.3, -0.25) is 19.8 Å². The number of likely N-dealkylation sites (N-methyl/N-ethyl adjacent to an activating group) is 1. The lowest BCUT2D eigenvalue weighted by Crippen LogP contribution is -2.32. The predicted molar refractivity (Wildman–Crippen MR) is 108 cm³/mol. The zero-order valence-corrected chi connectivity index (χ0v) is 17.1. The number of nitrogens with zero attached hydrogens (tertiary/aromatic N) is 2. The van der Waals surface area contributed by atoms with Gasteiger partial charge < -0.3 is 14.8 Å². The van der Waals surface area contributed by atoms with E-state index in [-0.39, 0.29) is 24.2 Å². The first-order valence-electron chi connectivity index (χ1n) is 8.68. The summed E-state index contributed by atoms with van der Waals surface area (Å²) in [5.41, 5.74) is 1.39. The molecule has 0 spiro atoms. The number of hydrogen-bond acceptors (Lipinski definition) is 6. The lowest BCUT2D eigenvalue weighted by molar-refractivity contribution is -0.384. The molecule has 1 atom stereocenters. The number of ether oxygens (including phenoxy) is 2. The predicted octanol–water partition coefficient (Wildman–Crippen LogP) is 3.76. The van der Waals surface area contributed by atoms with Gasteiger partial charge in [0.05, 0.1) is 17.2 Å². The van der Waals surface area contributed by atoms with Crippen molar-refractivity contribution in [3.05, 3.63) is 56.5 Å². The van der Waals surface area contributed by atoms with Crippen LogP contribution >= 0.6 is 15.9 Å². The Labute approximate surface area is 170 Å². The summed E-state index contributed by atoms with van der Waals surface area (Å²) in [6, 6.07) is 9.74. The Balaban J connectivity index is 1.66. The fourth-order valence-electron chi connectivity index (χ4n) is 2.87. The summed E-state index contributed by atoms with van der Waals surface area (Å²) in [6.45, 7) is 2.97. The van der Waals surface area contributed by atoms with Crippen LogP contribution in [0.3, 0.4) is 0 Å². The van der Waals surface area contributed by atoms with Gasteiger partial charge in [-0.25, -0.2) is 0 Å². The van der Waals surface area contributed by atoms with Crippen molar-refractivity contribution < 1.29 is 19.2 Å². The van der Waals surface area contributed by atoms with Crippen LogP contribution < -0.4 is 14.8 Å². The smallest absolute Gasteiger partial charge is 0.269 e. The van der Waals surface area contributed by atoms with Crippen molar-refractivity contribution in [3.8, 4) is 11.5 Å². The number of fused-ring (bicyclic) bond motifs is 1. The quantitative estimate of drug-likeness (QED) is 0.532. The Morgan fingerprint density at radius 1 is 1.29 bits per heavy atom. The van der Waals surface area contributed by atoms with Crippen molar-refractivity contribution in [2.45, 2.75) is 13.0 Å². The van der Waals surface area contributed by atoms with Crippen LogP contribution in [-0.4, -0.2) is 42.5 Å². The van der Waals surface area contributed by atoms with Crippen molar-refractivity contribution in [2.24, 2.45) is 0 Å². The van der Waals surface area contributed by atoms with Gasteiger partial charge in [0.15, 0.2) is 11.5 Å². The number of benzene rings is 2. The van der Waals surface area contributed by atoms with E-state index in [2.05, 4.69) is 21.2 Å². The van der Waals surface area contributed by atoms with Crippen LogP contribution in [0.15, 0.2) is 40.9 Å². The fourth-order valence-corrected chi connectivity index (χ4v) is 3.29. The molecule has 0 fully saturated rings. The largest absolute Gasteiger partial charge is 0.486 e. The molecule has 1 N–H and O–H groups in total. The summed E-state index contributed by atoms with van der Waals surface area (Å²) in [5.74, 6) is 1.01. The highest BCUT2D eigenvalue weighted by molar-refractivity contribution is 9.10. The topological polar surface area (TPSA) is 93.9 Å². The highest BCUT2D eigenvalue weighted by Crippen LogP contribution is 2.38. The molecule has 1 heterocycles. The van der Waals surface area contributed by atoms with Crippen molar-refractivity contribution in [1.29, 1.82) is 0 Å². The van der Waals surface area contributed by atoms with E-state index in [1.807, 2.05) is 17.9 Å². The van der Waals surface area contributed by atoms with E-state index in [1.54, 1.807) is 25.2 Å². The maximum absolute atomic E-state index is 12.5. The standard InChI is InChI=1S/C19H20BrN3O5/c1-12(13-4-3-5-14(8-13)23(25)26)22(2)11-19(24)21-16-10-18-17(9-15(16)20)27-6-7-28-18/h3-5,8-10,12H,6-7,11H2,1-2H3,(H,21,24). The van der Waals surface area contributed by atoms with Crippen molar-refractivity contribution in [2.75, 3.05) is 32.1 Å². The van der Waals surface area contributed by atoms with Gasteiger partial charge in [0.25, 0.3) is 5.69 Å². The van der Waals surface area contributed by atoms with E-state index in [1.165, 1.54) is 12.1 Å². The Kier molecular flexibility index (Phi) is 6.15. The molecule has 0 bridgehead atoms. The molecule has 9 heteroatoms. The second-order valence-electron chi connectivity index (χ2n) is 6.47. The first-order valence-corrected chi connectivity index (χ1v) is 9.48. The summed E-state index contributed by atoms with van der Waals surface area (Å²) in [4.78, 5) is 24.9. The minimum absolute atomic E-state index is 0.0300. The minimum atomic E-state index is -0.428. The number of amides is 1. The number of hydrogen-bond donors (Lipinski definition) is 1. The molecule has 2 aromatic rings. The summed E-state index contributed by atoms with van der Waals surface area (Å²) < 4.78 is 11.8. The van der Waals surface area contributed by atoms with Crippen LogP contribution in [0, 0.1) is 10.1 Å². The molecule has 0 saturated heterocycles. The van der Waals surface area contributed by atoms with Gasteiger partial charge in [0, 0.05) is 34.8 Å². The van der Waals surface area contributed by atoms with Gasteiger partial charge in [-0.1, -0.05) is 12.1 Å². The molecule has 1 unspecified atom stereocenters. The third-order valence-electron chi connectivity index (χ3n) is 4.52. The van der Waals surface area contributed by atoms with E-state index in [4.69, 9.17) is 9.47 Å². The Hall–Kier alpha value is -2.65. The first kappa shape index (κ1) is 20.1. The molecule has 0 aliphatic carbocycles. The molecule has 0 aromatic heterocycles. The Morgan fingerprint density at radius 2 is 1.96 bits per heavy atom. The normalized spacial score (nSPS) is 13.9. The monoisotopic (exact) mass is 449 g/mol. The molecule has 148 valence electrons. The molecule has 8 nitrogen and oxygen atoms in total. The van der Waals surface area contributed by atoms with E-state index < -0.39 is 4.92 Å². The van der Waals surface area contributed by atoms with E-state index in [9.17, 15) is 14.9 Å². The molecule has 1 aliphatic rings. The minimum Gasteiger partial charge on any atom is -0.486 e. The van der Waals surface area contributed by atoms with Gasteiger partial charge >= 0.3 is 0 Å². The van der Waals surface area contributed by atoms with Crippen molar-refractivity contribution >= 4 is 33.2 Å². The number of carbonyl (C=O) groups is 1. The molecule has 3 rings (SSSR count). The number of non-ortho nitro benzene ring substituents is 1. The number of nitro groups is 1. The number of nitro benzene ring substituents is 1. The number of rotatable bonds is 6. The summed E-state index contributed by atoms with van der Waals surface area (Å²) in [6.07, 6.45) is 0. The lowest BCUT2D eigenvalue weighted by Gasteiger charge is -2.25. The molecule has 2 aromatic carbocycles. The molecule has 0 radical (unpaired) electrons. The SMILES string of the molecule is CC(c1cccc([N+](=O)[O-])c1)N(C)CC(=O)Nc1cc2c(cc1Br)OCCO2. The van der Waals surface area contributed by atoms with E-state index >= 15 is 0 Å². The molecule has 0 saturated carbocycles. The van der Waals surface area contributed by atoms with Gasteiger partial charge in [-0.15, -0.1) is 0 Å². The average Bonchev–Trinajstić information content (AvgIpc) is 2.68. The molecule has 1 amide bonds. The van der Waals surface area contributed by atoms with Gasteiger partial charge in [0.2, 0.25) is 5.91 Å². The number of halogens is 1. The summed E-state index contributed by atoms with van der Waals surface area (Å²) in [7, 11) is 1.79. The van der Waals surface area contributed by atoms with Crippen LogP contribution in [0.1, 0.15) is 18.5 Å². The summed E-state index contributed by atoms with van der Waals surface area (Å²) in [5, 5.41) is 13.8. The van der Waals surface area contributed by atoms with Crippen LogP contribution in [0.4, 0.5) is 11.4 Å². The first-order chi connectivity index (χ1) is 13.3. The number of nitrogens with one attached hydrogen (secondary N) is 1. The molecule has 1 aliphatic heterocycles. The third kappa shape index (κ3) is 4.60.